The molecule has 0 saturated heterocycles. The Hall–Kier alpha value is -0.376. The van der Waals surface area contributed by atoms with Crippen LogP contribution >= 0.6 is 22.6 Å². The molecule has 3 nitrogen and oxygen atoms in total. The Morgan fingerprint density at radius 2 is 2.29 bits per heavy atom. The zero-order valence-electron chi connectivity index (χ0n) is 12.0. The number of hydrogen-bond acceptors (Lipinski definition) is 2. The van der Waals surface area contributed by atoms with E-state index in [9.17, 15) is 4.79 Å². The van der Waals surface area contributed by atoms with Crippen LogP contribution in [0.5, 0.6) is 5.75 Å². The number of ether oxygens (including phenoxy) is 1. The summed E-state index contributed by atoms with van der Waals surface area (Å²) >= 11 is 2.15. The van der Waals surface area contributed by atoms with Gasteiger partial charge in [-0.15, -0.1) is 29.3 Å². The van der Waals surface area contributed by atoms with Crippen molar-refractivity contribution in [3.05, 3.63) is 35.4 Å². The van der Waals surface area contributed by atoms with Gasteiger partial charge < -0.3 is 9.64 Å². The molecule has 1 amide bonds. The number of carbonyl (C=O) groups is 1. The van der Waals surface area contributed by atoms with Gasteiger partial charge in [0.25, 0.3) is 0 Å². The molecular weight excluding hydrogens is 454 g/mol. The van der Waals surface area contributed by atoms with E-state index in [2.05, 4.69) is 34.6 Å². The Bertz CT molecular complexity index is 607. The minimum atomic E-state index is -0.0279. The number of terminal acetylenes is 1. The second-order valence-corrected chi connectivity index (χ2v) is 6.07. The molecule has 21 heavy (non-hydrogen) atoms. The van der Waals surface area contributed by atoms with Gasteiger partial charge in [0, 0.05) is 39.8 Å². The van der Waals surface area contributed by atoms with Crippen molar-refractivity contribution in [2.24, 2.45) is 0 Å². The van der Waals surface area contributed by atoms with E-state index in [1.807, 2.05) is 25.1 Å². The van der Waals surface area contributed by atoms with Crippen LogP contribution in [-0.4, -0.2) is 28.4 Å². The van der Waals surface area contributed by atoms with Crippen molar-refractivity contribution in [1.29, 1.82) is 0 Å². The molecule has 0 spiro atoms. The van der Waals surface area contributed by atoms with Crippen LogP contribution in [0.2, 0.25) is 0 Å². The van der Waals surface area contributed by atoms with Gasteiger partial charge in [0.05, 0.1) is 3.92 Å². The summed E-state index contributed by atoms with van der Waals surface area (Å²) in [6.07, 6.45) is 9.13. The van der Waals surface area contributed by atoms with Crippen molar-refractivity contribution in [2.75, 3.05) is 13.7 Å². The van der Waals surface area contributed by atoms with E-state index >= 15 is 0 Å². The summed E-state index contributed by atoms with van der Waals surface area (Å²) in [5, 5.41) is 0. The molecule has 1 aromatic carbocycles. The van der Waals surface area contributed by atoms with Gasteiger partial charge in [-0.25, -0.2) is 6.08 Å². The van der Waals surface area contributed by atoms with Crippen molar-refractivity contribution in [2.45, 2.75) is 17.3 Å². The molecule has 0 N–H and O–H groups in total. The maximum atomic E-state index is 12.0. The van der Waals surface area contributed by atoms with E-state index in [4.69, 9.17) is 11.2 Å². The molecule has 0 saturated carbocycles. The summed E-state index contributed by atoms with van der Waals surface area (Å²) in [4.78, 5) is 13.7. The molecule has 107 valence electrons. The first kappa shape index (κ1) is 18.7. The molecule has 0 aromatic heterocycles. The van der Waals surface area contributed by atoms with Gasteiger partial charge >= 0.3 is 0 Å². The third-order valence-corrected chi connectivity index (χ3v) is 4.13. The van der Waals surface area contributed by atoms with Crippen LogP contribution in [0.3, 0.4) is 0 Å². The number of carbonyl (C=O) groups excluding carboxylic acids is 1. The van der Waals surface area contributed by atoms with Crippen molar-refractivity contribution in [3.8, 4) is 18.1 Å². The number of amides is 1. The first-order chi connectivity index (χ1) is 9.54. The molecule has 1 atom stereocenters. The summed E-state index contributed by atoms with van der Waals surface area (Å²) in [6, 6.07) is 5.74. The van der Waals surface area contributed by atoms with Crippen LogP contribution in [-0.2, 0) is 37.5 Å². The molecule has 2 rings (SSSR count). The Kier molecular flexibility index (Phi) is 7.39. The maximum Gasteiger partial charge on any atom is 0.235 e. The second-order valence-electron chi connectivity index (χ2n) is 4.56. The molecule has 0 fully saturated rings. The Labute approximate surface area is 164 Å². The van der Waals surface area contributed by atoms with Gasteiger partial charge in [-0.1, -0.05) is 41.9 Å². The molecule has 1 heterocycles. The molecule has 1 radical (unpaired) electrons. The van der Waals surface area contributed by atoms with Gasteiger partial charge in [0.15, 0.2) is 0 Å². The normalized spacial score (nSPS) is 17.6. The quantitative estimate of drug-likeness (QED) is 0.295. The number of alkyl halides is 1. The Morgan fingerprint density at radius 1 is 1.57 bits per heavy atom. The fourth-order valence-corrected chi connectivity index (χ4v) is 2.74. The largest absolute Gasteiger partial charge is 0.481 e. The summed E-state index contributed by atoms with van der Waals surface area (Å²) in [5.41, 5.74) is 2.87. The predicted molar refractivity (Wildman–Crippen MR) is 87.4 cm³/mol. The van der Waals surface area contributed by atoms with E-state index in [-0.39, 0.29) is 49.1 Å². The van der Waals surface area contributed by atoms with Crippen LogP contribution < -0.4 is 4.74 Å². The zero-order valence-corrected chi connectivity index (χ0v) is 17.0. The van der Waals surface area contributed by atoms with Crippen LogP contribution in [0.4, 0.5) is 0 Å². The van der Waals surface area contributed by atoms with E-state index in [0.717, 1.165) is 22.6 Å². The number of halogens is 1. The smallest absolute Gasteiger partial charge is 0.235 e. The number of benzene rings is 1. The van der Waals surface area contributed by atoms with E-state index in [0.29, 0.717) is 6.42 Å². The fourth-order valence-electron chi connectivity index (χ4n) is 2.11. The van der Waals surface area contributed by atoms with Gasteiger partial charge in [-0.3, -0.25) is 4.79 Å². The SMILES string of the molecule is C#CCOc1ccc(C2=[C-]CC(I)C(=O)N2C)c(C)c1.[Y]. The van der Waals surface area contributed by atoms with E-state index in [1.54, 1.807) is 11.9 Å². The van der Waals surface area contributed by atoms with E-state index in [1.165, 1.54) is 0 Å². The monoisotopic (exact) mass is 469 g/mol. The van der Waals surface area contributed by atoms with Crippen molar-refractivity contribution < 1.29 is 42.2 Å². The Balaban J connectivity index is 0.00000220. The summed E-state index contributed by atoms with van der Waals surface area (Å²) in [5.74, 6) is 3.29. The van der Waals surface area contributed by atoms with Crippen molar-refractivity contribution in [3.63, 3.8) is 0 Å². The number of hydrogen-bond donors (Lipinski definition) is 0. The standard InChI is InChI=1S/C16H15INO2.Y/c1-4-9-20-12-5-6-13(11(2)10-12)15-8-7-14(17)16(19)18(15)3;/h1,5-6,10,14H,7,9H2,2-3H3;/q-1;. The van der Waals surface area contributed by atoms with Gasteiger partial charge in [-0.2, -0.15) is 0 Å². The predicted octanol–water partition coefficient (Wildman–Crippen LogP) is 2.81. The van der Waals surface area contributed by atoms with Crippen LogP contribution in [0.1, 0.15) is 17.5 Å². The number of aryl methyl sites for hydroxylation is 1. The van der Waals surface area contributed by atoms with Gasteiger partial charge in [0.2, 0.25) is 5.91 Å². The minimum absolute atomic E-state index is 0. The third-order valence-electron chi connectivity index (χ3n) is 3.16. The molecule has 0 bridgehead atoms. The summed E-state index contributed by atoms with van der Waals surface area (Å²) in [6.45, 7) is 2.24. The summed E-state index contributed by atoms with van der Waals surface area (Å²) in [7, 11) is 1.79. The molecule has 1 aliphatic rings. The van der Waals surface area contributed by atoms with Crippen LogP contribution in [0.15, 0.2) is 18.2 Å². The van der Waals surface area contributed by atoms with Crippen molar-refractivity contribution in [1.82, 2.24) is 4.90 Å². The number of allylic oxidation sites excluding steroid dienone is 1. The van der Waals surface area contributed by atoms with E-state index < -0.39 is 0 Å². The molecular formula is C16H15INO2Y-. The second kappa shape index (κ2) is 8.31. The van der Waals surface area contributed by atoms with Crippen LogP contribution in [0, 0.1) is 25.3 Å². The Morgan fingerprint density at radius 3 is 2.90 bits per heavy atom. The zero-order chi connectivity index (χ0) is 14.7. The average molecular weight is 469 g/mol. The average Bonchev–Trinajstić information content (AvgIpc) is 2.44. The summed E-state index contributed by atoms with van der Waals surface area (Å²) < 4.78 is 5.37. The minimum Gasteiger partial charge on any atom is -0.481 e. The topological polar surface area (TPSA) is 29.5 Å². The van der Waals surface area contributed by atoms with Crippen molar-refractivity contribution >= 4 is 34.2 Å². The van der Waals surface area contributed by atoms with Gasteiger partial charge in [-0.05, 0) is 12.1 Å². The molecule has 0 aliphatic carbocycles. The number of nitrogens with zero attached hydrogens (tertiary/aromatic N) is 1. The molecule has 1 unspecified atom stereocenters. The van der Waals surface area contributed by atoms with Gasteiger partial charge in [0.1, 0.15) is 12.4 Å². The molecule has 1 aromatic rings. The fraction of sp³-hybridized carbons (Fsp3) is 0.312. The molecule has 5 heteroatoms. The van der Waals surface area contributed by atoms with Crippen LogP contribution in [0.25, 0.3) is 5.70 Å². The first-order valence-corrected chi connectivity index (χ1v) is 7.49. The third kappa shape index (κ3) is 4.31. The molecule has 1 aliphatic heterocycles. The first-order valence-electron chi connectivity index (χ1n) is 6.24. The number of rotatable bonds is 3. The maximum absolute atomic E-state index is 12.0.